The molecule has 0 unspecified atom stereocenters. The van der Waals surface area contributed by atoms with Gasteiger partial charge in [0.15, 0.2) is 0 Å². The normalized spacial score (nSPS) is 9.59. The lowest BCUT2D eigenvalue weighted by Crippen LogP contribution is -2.09. The summed E-state index contributed by atoms with van der Waals surface area (Å²) >= 11 is 0. The van der Waals surface area contributed by atoms with Crippen LogP contribution in [0.25, 0.3) is 0 Å². The van der Waals surface area contributed by atoms with Crippen LogP contribution in [0.4, 0.5) is 0 Å². The number of unbranched alkanes of at least 4 members (excludes halogenated alkanes) is 1. The zero-order chi connectivity index (χ0) is 13.4. The fourth-order valence-corrected chi connectivity index (χ4v) is 0.779. The summed E-state index contributed by atoms with van der Waals surface area (Å²) in [5, 5.41) is 24.6. The number of carboxylic acids is 1. The van der Waals surface area contributed by atoms with Crippen LogP contribution in [0.3, 0.4) is 0 Å². The van der Waals surface area contributed by atoms with Crippen LogP contribution in [-0.2, 0) is 14.3 Å². The van der Waals surface area contributed by atoms with Crippen molar-refractivity contribution < 1.29 is 29.6 Å². The molecule has 0 saturated carbocycles. The van der Waals surface area contributed by atoms with Crippen molar-refractivity contribution >= 4 is 5.97 Å². The molecule has 0 bridgehead atoms. The van der Waals surface area contributed by atoms with Crippen molar-refractivity contribution in [3.05, 3.63) is 0 Å². The first-order valence-electron chi connectivity index (χ1n) is 5.78. The van der Waals surface area contributed by atoms with Gasteiger partial charge in [-0.15, -0.1) is 0 Å². The zero-order valence-corrected chi connectivity index (χ0v) is 10.4. The molecular formula is C11H24O6. The molecule has 6 nitrogen and oxygen atoms in total. The fourth-order valence-electron chi connectivity index (χ4n) is 0.779. The summed E-state index contributed by atoms with van der Waals surface area (Å²) in [5.41, 5.74) is 0. The first-order valence-corrected chi connectivity index (χ1v) is 5.78. The van der Waals surface area contributed by atoms with Gasteiger partial charge in [-0.1, -0.05) is 13.3 Å². The van der Waals surface area contributed by atoms with E-state index in [0.29, 0.717) is 32.8 Å². The second-order valence-electron chi connectivity index (χ2n) is 3.17. The Morgan fingerprint density at radius 1 is 1.00 bits per heavy atom. The highest BCUT2D eigenvalue weighted by Gasteiger charge is 1.90. The molecule has 0 aliphatic heterocycles. The second kappa shape index (κ2) is 17.7. The predicted octanol–water partition coefficient (Wildman–Crippen LogP) is 0.265. The molecule has 0 fully saturated rings. The monoisotopic (exact) mass is 252 g/mol. The van der Waals surface area contributed by atoms with Gasteiger partial charge < -0.3 is 24.8 Å². The average molecular weight is 252 g/mol. The highest BCUT2D eigenvalue weighted by Crippen LogP contribution is 1.91. The molecule has 6 heteroatoms. The number of carbonyl (C=O) groups is 1. The number of ether oxygens (including phenoxy) is 2. The molecule has 0 amide bonds. The molecule has 3 N–H and O–H groups in total. The van der Waals surface area contributed by atoms with Crippen molar-refractivity contribution in [2.45, 2.75) is 26.2 Å². The molecule has 0 spiro atoms. The minimum atomic E-state index is -0.693. The van der Waals surface area contributed by atoms with Gasteiger partial charge in [0, 0.05) is 6.42 Å². The van der Waals surface area contributed by atoms with Crippen molar-refractivity contribution in [2.24, 2.45) is 0 Å². The molecule has 0 aromatic heterocycles. The van der Waals surface area contributed by atoms with E-state index in [0.717, 1.165) is 12.8 Å². The van der Waals surface area contributed by atoms with Crippen LogP contribution in [0.1, 0.15) is 26.2 Å². The summed E-state index contributed by atoms with van der Waals surface area (Å²) in [6.07, 6.45) is 2.08. The Kier molecular flexibility index (Phi) is 19.4. The van der Waals surface area contributed by atoms with Crippen LogP contribution in [0.15, 0.2) is 0 Å². The van der Waals surface area contributed by atoms with Crippen LogP contribution in [0, 0.1) is 0 Å². The lowest BCUT2D eigenvalue weighted by Gasteiger charge is -2.01. The number of aliphatic carboxylic acids is 1. The van der Waals surface area contributed by atoms with Crippen molar-refractivity contribution in [1.29, 1.82) is 0 Å². The van der Waals surface area contributed by atoms with Gasteiger partial charge in [0.2, 0.25) is 0 Å². The maximum absolute atomic E-state index is 9.76. The third kappa shape index (κ3) is 25.5. The van der Waals surface area contributed by atoms with Gasteiger partial charge in [-0.3, -0.25) is 4.79 Å². The molecular weight excluding hydrogens is 228 g/mol. The maximum Gasteiger partial charge on any atom is 0.303 e. The molecule has 0 aromatic carbocycles. The summed E-state index contributed by atoms with van der Waals surface area (Å²) in [7, 11) is 0. The molecule has 0 rings (SSSR count). The van der Waals surface area contributed by atoms with Crippen LogP contribution in [-0.4, -0.2) is 60.9 Å². The number of aliphatic hydroxyl groups excluding tert-OH is 2. The van der Waals surface area contributed by atoms with E-state index in [1.165, 1.54) is 0 Å². The van der Waals surface area contributed by atoms with Gasteiger partial charge in [-0.25, -0.2) is 0 Å². The number of hydrogen-bond donors (Lipinski definition) is 3. The Hall–Kier alpha value is -0.690. The topological polar surface area (TPSA) is 96.2 Å². The van der Waals surface area contributed by atoms with Gasteiger partial charge in [-0.05, 0) is 6.42 Å². The SMILES string of the molecule is CCCCC(=O)O.OCCOCCOCCO. The Labute approximate surface area is 102 Å². The van der Waals surface area contributed by atoms with Crippen LogP contribution < -0.4 is 0 Å². The Bertz CT molecular complexity index is 143. The zero-order valence-electron chi connectivity index (χ0n) is 10.4. The van der Waals surface area contributed by atoms with E-state index < -0.39 is 5.97 Å². The van der Waals surface area contributed by atoms with Crippen LogP contribution in [0.2, 0.25) is 0 Å². The predicted molar refractivity (Wildman–Crippen MR) is 63.0 cm³/mol. The lowest BCUT2D eigenvalue weighted by atomic mass is 10.3. The smallest absolute Gasteiger partial charge is 0.303 e. The fraction of sp³-hybridized carbons (Fsp3) is 0.909. The summed E-state index contributed by atoms with van der Waals surface area (Å²) in [4.78, 5) is 9.76. The largest absolute Gasteiger partial charge is 0.481 e. The van der Waals surface area contributed by atoms with Crippen LogP contribution in [0.5, 0.6) is 0 Å². The average Bonchev–Trinajstić information content (AvgIpc) is 2.32. The van der Waals surface area contributed by atoms with E-state index in [2.05, 4.69) is 0 Å². The minimum absolute atomic E-state index is 0.0417. The first-order chi connectivity index (χ1) is 8.18. The molecule has 0 aliphatic carbocycles. The van der Waals surface area contributed by atoms with E-state index in [1.807, 2.05) is 6.92 Å². The minimum Gasteiger partial charge on any atom is -0.481 e. The van der Waals surface area contributed by atoms with E-state index in [1.54, 1.807) is 0 Å². The summed E-state index contributed by atoms with van der Waals surface area (Å²) in [6, 6.07) is 0. The lowest BCUT2D eigenvalue weighted by molar-refractivity contribution is -0.137. The maximum atomic E-state index is 9.76. The van der Waals surface area contributed by atoms with E-state index in [9.17, 15) is 4.79 Å². The van der Waals surface area contributed by atoms with Crippen molar-refractivity contribution in [3.8, 4) is 0 Å². The van der Waals surface area contributed by atoms with E-state index in [-0.39, 0.29) is 13.2 Å². The van der Waals surface area contributed by atoms with Crippen LogP contribution >= 0.6 is 0 Å². The molecule has 17 heavy (non-hydrogen) atoms. The van der Waals surface area contributed by atoms with Crippen molar-refractivity contribution in [1.82, 2.24) is 0 Å². The molecule has 104 valence electrons. The van der Waals surface area contributed by atoms with Gasteiger partial charge >= 0.3 is 5.97 Å². The molecule has 0 radical (unpaired) electrons. The number of carboxylic acid groups (broad SMARTS) is 1. The quantitative estimate of drug-likeness (QED) is 0.483. The van der Waals surface area contributed by atoms with Crippen molar-refractivity contribution in [2.75, 3.05) is 39.6 Å². The summed E-state index contributed by atoms with van der Waals surface area (Å²) in [5.74, 6) is -0.693. The van der Waals surface area contributed by atoms with Crippen molar-refractivity contribution in [3.63, 3.8) is 0 Å². The van der Waals surface area contributed by atoms with E-state index >= 15 is 0 Å². The number of rotatable bonds is 10. The molecule has 0 aromatic rings. The standard InChI is InChI=1S/C6H14O4.C5H10O2/c7-1-3-9-5-6-10-4-2-8;1-2-3-4-5(6)7/h7-8H,1-6H2;2-4H2,1H3,(H,6,7). The van der Waals surface area contributed by atoms with Gasteiger partial charge in [-0.2, -0.15) is 0 Å². The Morgan fingerprint density at radius 3 is 1.71 bits per heavy atom. The van der Waals surface area contributed by atoms with E-state index in [4.69, 9.17) is 24.8 Å². The summed E-state index contributed by atoms with van der Waals surface area (Å²) < 4.78 is 9.75. The van der Waals surface area contributed by atoms with Gasteiger partial charge in [0.25, 0.3) is 0 Å². The Balaban J connectivity index is 0. The van der Waals surface area contributed by atoms with Gasteiger partial charge in [0.1, 0.15) is 0 Å². The third-order valence-corrected chi connectivity index (χ3v) is 1.59. The molecule has 0 saturated heterocycles. The summed E-state index contributed by atoms with van der Waals surface area (Å²) in [6.45, 7) is 3.70. The van der Waals surface area contributed by atoms with Gasteiger partial charge in [0.05, 0.1) is 39.6 Å². The highest BCUT2D eigenvalue weighted by atomic mass is 16.5. The Morgan fingerprint density at radius 2 is 1.47 bits per heavy atom. The second-order valence-corrected chi connectivity index (χ2v) is 3.17. The first kappa shape index (κ1) is 18.7. The molecule has 0 atom stereocenters. The molecule has 0 heterocycles. The molecule has 0 aliphatic rings. The number of hydrogen-bond acceptors (Lipinski definition) is 5. The third-order valence-electron chi connectivity index (χ3n) is 1.59. The number of aliphatic hydroxyl groups is 2. The highest BCUT2D eigenvalue weighted by molar-refractivity contribution is 5.66.